The lowest BCUT2D eigenvalue weighted by Gasteiger charge is -2.62. The minimum Gasteiger partial charge on any atom is -0.310 e. The van der Waals surface area contributed by atoms with Crippen molar-refractivity contribution in [3.63, 3.8) is 0 Å². The van der Waals surface area contributed by atoms with E-state index in [4.69, 9.17) is 0 Å². The number of rotatable bonds is 0. The van der Waals surface area contributed by atoms with E-state index in [1.54, 1.807) is 5.92 Å². The Balaban J connectivity index is 1.58. The molecular formula is C26H33O2. The highest BCUT2D eigenvalue weighted by Gasteiger charge is 2.61. The van der Waals surface area contributed by atoms with E-state index in [9.17, 15) is 9.59 Å². The lowest BCUT2D eigenvalue weighted by Crippen LogP contribution is -2.54. The summed E-state index contributed by atoms with van der Waals surface area (Å²) in [6.45, 7) is 8.53. The molecule has 4 atom stereocenters. The molecule has 0 N–H and O–H groups in total. The number of allylic oxidation sites excluding steroid dienone is 4. The molecule has 5 aliphatic carbocycles. The summed E-state index contributed by atoms with van der Waals surface area (Å²) in [4.78, 5) is 26.3. The number of Topliss-reactive ketones (excluding diaryl/α,β-unsaturated/α-hetero) is 1. The van der Waals surface area contributed by atoms with Crippen molar-refractivity contribution in [2.75, 3.05) is 0 Å². The molecule has 0 heterocycles. The van der Waals surface area contributed by atoms with Crippen LogP contribution in [0.2, 0.25) is 0 Å². The van der Waals surface area contributed by atoms with Crippen LogP contribution in [0.15, 0.2) is 23.3 Å². The molecule has 5 rings (SSSR count). The maximum atomic E-state index is 13.5. The van der Waals surface area contributed by atoms with Crippen LogP contribution in [0.5, 0.6) is 0 Å². The van der Waals surface area contributed by atoms with Gasteiger partial charge >= 0.3 is 0 Å². The highest BCUT2D eigenvalue weighted by molar-refractivity contribution is 6.02. The molecule has 2 nitrogen and oxygen atoms in total. The molecule has 0 unspecified atom stereocenters. The third-order valence-corrected chi connectivity index (χ3v) is 9.01. The summed E-state index contributed by atoms with van der Waals surface area (Å²) in [6.07, 6.45) is 13.6. The zero-order valence-electron chi connectivity index (χ0n) is 17.9. The first-order chi connectivity index (χ1) is 13.2. The Kier molecular flexibility index (Phi) is 4.07. The SMILES string of the molecule is CC1=C[C+]2C3=CC(=O)[C@@H]4[C@@H]5CCCC[C-]5CC[C@@]4(C)[C]3CC[C@H]2C(C)(C)C1=O. The van der Waals surface area contributed by atoms with Crippen molar-refractivity contribution >= 4 is 11.6 Å². The topological polar surface area (TPSA) is 34.1 Å². The van der Waals surface area contributed by atoms with Gasteiger partial charge in [-0.15, -0.1) is 0 Å². The van der Waals surface area contributed by atoms with Crippen LogP contribution in [0.25, 0.3) is 0 Å². The van der Waals surface area contributed by atoms with E-state index in [2.05, 4.69) is 26.8 Å². The molecule has 0 amide bonds. The van der Waals surface area contributed by atoms with Crippen LogP contribution >= 0.6 is 0 Å². The lowest BCUT2D eigenvalue weighted by atomic mass is 9.44. The highest BCUT2D eigenvalue weighted by Crippen LogP contribution is 2.66. The quantitative estimate of drug-likeness (QED) is 0.501. The van der Waals surface area contributed by atoms with Crippen LogP contribution in [0.3, 0.4) is 0 Å². The van der Waals surface area contributed by atoms with Gasteiger partial charge in [0.2, 0.25) is 11.6 Å². The third kappa shape index (κ3) is 2.36. The summed E-state index contributed by atoms with van der Waals surface area (Å²) < 4.78 is 0. The Morgan fingerprint density at radius 1 is 1.11 bits per heavy atom. The Labute approximate surface area is 170 Å². The Morgan fingerprint density at radius 3 is 2.68 bits per heavy atom. The molecule has 3 fully saturated rings. The molecule has 0 aliphatic heterocycles. The van der Waals surface area contributed by atoms with E-state index < -0.39 is 0 Å². The summed E-state index contributed by atoms with van der Waals surface area (Å²) >= 11 is 0. The highest BCUT2D eigenvalue weighted by atomic mass is 16.1. The van der Waals surface area contributed by atoms with Crippen molar-refractivity contribution in [3.05, 3.63) is 41.1 Å². The van der Waals surface area contributed by atoms with Gasteiger partial charge in [0.15, 0.2) is 0 Å². The van der Waals surface area contributed by atoms with Gasteiger partial charge in [0.1, 0.15) is 0 Å². The molecule has 0 aromatic heterocycles. The summed E-state index contributed by atoms with van der Waals surface area (Å²) in [5.41, 5.74) is 1.71. The normalized spacial score (nSPS) is 40.7. The van der Waals surface area contributed by atoms with Crippen molar-refractivity contribution in [1.29, 1.82) is 0 Å². The predicted molar refractivity (Wildman–Crippen MR) is 111 cm³/mol. The average molecular weight is 378 g/mol. The summed E-state index contributed by atoms with van der Waals surface area (Å²) in [7, 11) is 0. The minimum absolute atomic E-state index is 0.0119. The molecule has 2 heteroatoms. The van der Waals surface area contributed by atoms with Crippen LogP contribution in [-0.2, 0) is 9.59 Å². The number of hydrogen-bond acceptors (Lipinski definition) is 2. The van der Waals surface area contributed by atoms with E-state index in [0.717, 1.165) is 24.8 Å². The Morgan fingerprint density at radius 2 is 1.89 bits per heavy atom. The molecular weight excluding hydrogens is 344 g/mol. The van der Waals surface area contributed by atoms with Gasteiger partial charge in [-0.05, 0) is 32.1 Å². The molecule has 1 radical (unpaired) electrons. The first-order valence-corrected chi connectivity index (χ1v) is 11.3. The second-order valence-corrected chi connectivity index (χ2v) is 10.8. The van der Waals surface area contributed by atoms with Crippen LogP contribution in [0.1, 0.15) is 79.1 Å². The number of carbonyl (C=O) groups excluding carboxylic acids is 2. The molecule has 0 aromatic carbocycles. The Bertz CT molecular complexity index is 784. The number of fused-ring (bicyclic) bond motifs is 7. The third-order valence-electron chi connectivity index (χ3n) is 9.01. The summed E-state index contributed by atoms with van der Waals surface area (Å²) in [6, 6.07) is 0. The van der Waals surface area contributed by atoms with Gasteiger partial charge < -0.3 is 5.92 Å². The molecule has 0 spiro atoms. The van der Waals surface area contributed by atoms with Crippen molar-refractivity contribution in [1.82, 2.24) is 0 Å². The maximum absolute atomic E-state index is 13.5. The molecule has 5 aliphatic rings. The van der Waals surface area contributed by atoms with Gasteiger partial charge in [-0.2, -0.15) is 18.8 Å². The number of ketones is 2. The molecule has 28 heavy (non-hydrogen) atoms. The number of hydrogen-bond donors (Lipinski definition) is 0. The van der Waals surface area contributed by atoms with Crippen LogP contribution in [0.4, 0.5) is 0 Å². The second-order valence-electron chi connectivity index (χ2n) is 10.8. The maximum Gasteiger partial charge on any atom is 0.219 e. The average Bonchev–Trinajstić information content (AvgIpc) is 2.66. The smallest absolute Gasteiger partial charge is 0.219 e. The van der Waals surface area contributed by atoms with E-state index in [-0.39, 0.29) is 28.4 Å². The lowest BCUT2D eigenvalue weighted by molar-refractivity contribution is -0.127. The first-order valence-electron chi connectivity index (χ1n) is 11.3. The van der Waals surface area contributed by atoms with E-state index in [0.29, 0.717) is 11.7 Å². The summed E-state index contributed by atoms with van der Waals surface area (Å²) in [5.74, 6) is 6.03. The number of carbonyl (C=O) groups is 2. The van der Waals surface area contributed by atoms with Crippen molar-refractivity contribution < 1.29 is 9.59 Å². The zero-order valence-corrected chi connectivity index (χ0v) is 17.9. The van der Waals surface area contributed by atoms with Crippen molar-refractivity contribution in [2.24, 2.45) is 28.6 Å². The van der Waals surface area contributed by atoms with Gasteiger partial charge in [-0.3, -0.25) is 9.59 Å². The van der Waals surface area contributed by atoms with Crippen molar-refractivity contribution in [2.45, 2.75) is 79.1 Å². The summed E-state index contributed by atoms with van der Waals surface area (Å²) in [5, 5.41) is 0. The van der Waals surface area contributed by atoms with Gasteiger partial charge in [0, 0.05) is 24.7 Å². The fourth-order valence-electron chi connectivity index (χ4n) is 7.52. The van der Waals surface area contributed by atoms with Gasteiger partial charge in [-0.25, -0.2) is 0 Å². The van der Waals surface area contributed by atoms with Gasteiger partial charge in [0.05, 0.1) is 34.6 Å². The van der Waals surface area contributed by atoms with Gasteiger partial charge in [0.25, 0.3) is 0 Å². The Hall–Kier alpha value is -1.31. The zero-order chi connectivity index (χ0) is 19.8. The van der Waals surface area contributed by atoms with E-state index >= 15 is 0 Å². The standard InChI is InChI=1S/C26H33O2/c1-15-13-18-19-14-22(27)23-17-8-6-5-7-16(17)11-12-26(23,4)21(19)10-9-20(18)25(2,3)24(15)28/h13-14,17,20,23H,5-12H2,1-4H3/t17-,20-,23+,26+/m1/s1. The minimum atomic E-state index is -0.363. The molecule has 0 bridgehead atoms. The molecule has 149 valence electrons. The first kappa shape index (κ1) is 18.7. The van der Waals surface area contributed by atoms with E-state index in [1.807, 2.05) is 13.0 Å². The largest absolute Gasteiger partial charge is 0.310 e. The van der Waals surface area contributed by atoms with E-state index in [1.165, 1.54) is 49.5 Å². The fraction of sp³-hybridized carbons (Fsp3) is 0.654. The molecule has 3 saturated carbocycles. The second kappa shape index (κ2) is 6.09. The molecule has 0 aromatic rings. The van der Waals surface area contributed by atoms with Gasteiger partial charge in [-0.1, -0.05) is 32.6 Å². The van der Waals surface area contributed by atoms with Crippen molar-refractivity contribution in [3.8, 4) is 0 Å². The van der Waals surface area contributed by atoms with Crippen LogP contribution < -0.4 is 0 Å². The van der Waals surface area contributed by atoms with Crippen LogP contribution in [-0.4, -0.2) is 11.6 Å². The monoisotopic (exact) mass is 377 g/mol. The van der Waals surface area contributed by atoms with Crippen LogP contribution in [0, 0.1) is 46.3 Å². The fourth-order valence-corrected chi connectivity index (χ4v) is 7.52. The predicted octanol–water partition coefficient (Wildman–Crippen LogP) is 5.79. The molecule has 0 saturated heterocycles.